The average Bonchev–Trinajstić information content (AvgIpc) is 2.60. The normalized spacial score (nSPS) is 17.1. The van der Waals surface area contributed by atoms with Crippen LogP contribution in [0.2, 0.25) is 5.02 Å². The van der Waals surface area contributed by atoms with E-state index in [0.29, 0.717) is 24.1 Å². The van der Waals surface area contributed by atoms with Crippen molar-refractivity contribution in [1.29, 1.82) is 5.41 Å². The molecule has 156 valence electrons. The lowest BCUT2D eigenvalue weighted by Gasteiger charge is -2.27. The lowest BCUT2D eigenvalue weighted by atomic mass is 9.80. The van der Waals surface area contributed by atoms with Crippen LogP contribution in [0.15, 0.2) is 35.6 Å². The minimum atomic E-state index is -3.67. The Kier molecular flexibility index (Phi) is 7.28. The summed E-state index contributed by atoms with van der Waals surface area (Å²) in [7, 11) is -3.67. The summed E-state index contributed by atoms with van der Waals surface area (Å²) in [6, 6.07) is 6.29. The summed E-state index contributed by atoms with van der Waals surface area (Å²) in [6.45, 7) is 1.99. The fourth-order valence-electron chi connectivity index (χ4n) is 3.08. The number of hydrogen-bond donors (Lipinski definition) is 4. The molecule has 1 heterocycles. The Labute approximate surface area is 173 Å². The highest BCUT2D eigenvalue weighted by Gasteiger charge is 2.28. The van der Waals surface area contributed by atoms with E-state index in [-0.39, 0.29) is 17.7 Å². The number of hydrogen-bond acceptors (Lipinski definition) is 5. The maximum Gasteiger partial charge on any atom is 0.261 e. The molecule has 5 N–H and O–H groups in total. The van der Waals surface area contributed by atoms with Gasteiger partial charge < -0.3 is 5.73 Å². The Hall–Kier alpha value is -2.56. The molecule has 1 aliphatic carbocycles. The van der Waals surface area contributed by atoms with Crippen LogP contribution in [0, 0.1) is 18.2 Å². The molecule has 1 unspecified atom stereocenters. The van der Waals surface area contributed by atoms with Crippen LogP contribution in [0.3, 0.4) is 0 Å². The molecule has 11 heteroatoms. The summed E-state index contributed by atoms with van der Waals surface area (Å²) < 4.78 is 39.5. The van der Waals surface area contributed by atoms with Crippen molar-refractivity contribution in [3.05, 3.63) is 63.7 Å². The number of hydrazone groups is 1. The third kappa shape index (κ3) is 6.77. The highest BCUT2D eigenvalue weighted by molar-refractivity contribution is 7.85. The molecular formula is C18H21ClFN5O3S. The molecule has 1 aromatic heterocycles. The number of nitrogens with zero attached hydrogens (tertiary/aromatic N) is 2. The lowest BCUT2D eigenvalue weighted by molar-refractivity contribution is 0.490. The van der Waals surface area contributed by atoms with Gasteiger partial charge in [-0.15, -0.1) is 0 Å². The smallest absolute Gasteiger partial charge is 0.261 e. The van der Waals surface area contributed by atoms with Crippen LogP contribution in [0.25, 0.3) is 0 Å². The average molecular weight is 442 g/mol. The second-order valence-electron chi connectivity index (χ2n) is 6.54. The van der Waals surface area contributed by atoms with Gasteiger partial charge in [-0.3, -0.25) is 14.9 Å². The largest absolute Gasteiger partial charge is 0.369 e. The number of fused-ring (bicyclic) bond motifs is 1. The molecule has 2 aromatic rings. The molecule has 1 aliphatic rings. The van der Waals surface area contributed by atoms with Crippen LogP contribution in [-0.2, 0) is 16.5 Å². The van der Waals surface area contributed by atoms with Crippen molar-refractivity contribution in [3.8, 4) is 0 Å². The minimum absolute atomic E-state index is 0.0393. The molecule has 0 aliphatic heterocycles. The monoisotopic (exact) mass is 441 g/mol. The Balaban J connectivity index is 0.000000537. The molecule has 29 heavy (non-hydrogen) atoms. The van der Waals surface area contributed by atoms with Crippen molar-refractivity contribution in [1.82, 2.24) is 10.4 Å². The first-order valence-electron chi connectivity index (χ1n) is 8.44. The highest BCUT2D eigenvalue weighted by atomic mass is 35.5. The van der Waals surface area contributed by atoms with E-state index < -0.39 is 10.1 Å². The summed E-state index contributed by atoms with van der Waals surface area (Å²) in [5.74, 6) is -0.600. The van der Waals surface area contributed by atoms with Crippen molar-refractivity contribution in [3.63, 3.8) is 0 Å². The molecule has 0 fully saturated rings. The van der Waals surface area contributed by atoms with Gasteiger partial charge in [-0.2, -0.15) is 13.5 Å². The van der Waals surface area contributed by atoms with Gasteiger partial charge in [-0.05, 0) is 61.1 Å². The van der Waals surface area contributed by atoms with Gasteiger partial charge in [0.05, 0.1) is 17.7 Å². The number of guanidine groups is 1. The van der Waals surface area contributed by atoms with E-state index in [2.05, 4.69) is 15.5 Å². The molecule has 0 saturated heterocycles. The molecule has 1 atom stereocenters. The summed E-state index contributed by atoms with van der Waals surface area (Å²) in [4.78, 5) is 4.45. The van der Waals surface area contributed by atoms with Crippen molar-refractivity contribution in [2.75, 3.05) is 6.26 Å². The number of rotatable bonds is 2. The van der Waals surface area contributed by atoms with Crippen LogP contribution < -0.4 is 11.2 Å². The first-order chi connectivity index (χ1) is 13.5. The number of nitrogens with two attached hydrogens (primary N) is 1. The van der Waals surface area contributed by atoms with Gasteiger partial charge >= 0.3 is 0 Å². The molecule has 0 spiro atoms. The van der Waals surface area contributed by atoms with Gasteiger partial charge in [0.15, 0.2) is 0 Å². The summed E-state index contributed by atoms with van der Waals surface area (Å²) in [6.07, 6.45) is 3.68. The maximum absolute atomic E-state index is 13.7. The Morgan fingerprint density at radius 2 is 2.07 bits per heavy atom. The second kappa shape index (κ2) is 9.29. The van der Waals surface area contributed by atoms with E-state index in [9.17, 15) is 12.8 Å². The van der Waals surface area contributed by atoms with Gasteiger partial charge in [0.2, 0.25) is 5.96 Å². The molecular weight excluding hydrogens is 421 g/mol. The fourth-order valence-corrected chi connectivity index (χ4v) is 3.35. The van der Waals surface area contributed by atoms with Gasteiger partial charge in [0.1, 0.15) is 5.82 Å². The fraction of sp³-hybridized carbons (Fsp3) is 0.278. The number of nitrogens with one attached hydrogen (secondary N) is 2. The first-order valence-corrected chi connectivity index (χ1v) is 10.7. The van der Waals surface area contributed by atoms with E-state index in [1.54, 1.807) is 12.3 Å². The van der Waals surface area contributed by atoms with E-state index in [1.807, 2.05) is 13.0 Å². The zero-order valence-electron chi connectivity index (χ0n) is 15.8. The van der Waals surface area contributed by atoms with Crippen molar-refractivity contribution >= 4 is 33.4 Å². The van der Waals surface area contributed by atoms with Crippen LogP contribution in [0.1, 0.15) is 34.7 Å². The standard InChI is InChI=1S/C17H17ClFN5.CH4O3S/c1-9-4-5-22-14-6-10(12-8-11(19)2-3-13(12)18)7-15(16(9)14)23-24-17(20)21;1-5(2,3)4/h2-5,8,10H,6-7H2,1H3,(H4,20,21,24);1H3,(H,2,3,4)/b23-15-;. The van der Waals surface area contributed by atoms with Crippen LogP contribution in [0.4, 0.5) is 4.39 Å². The quantitative estimate of drug-likeness (QED) is 0.244. The van der Waals surface area contributed by atoms with Gasteiger partial charge in [0.25, 0.3) is 10.1 Å². The number of halogens is 2. The second-order valence-corrected chi connectivity index (χ2v) is 8.41. The molecule has 0 radical (unpaired) electrons. The van der Waals surface area contributed by atoms with E-state index in [4.69, 9.17) is 27.3 Å². The molecule has 3 rings (SSSR count). The van der Waals surface area contributed by atoms with Crippen molar-refractivity contribution in [2.24, 2.45) is 10.8 Å². The summed E-state index contributed by atoms with van der Waals surface area (Å²) >= 11 is 6.27. The lowest BCUT2D eigenvalue weighted by Crippen LogP contribution is -2.29. The third-order valence-corrected chi connectivity index (χ3v) is 4.46. The third-order valence-electron chi connectivity index (χ3n) is 4.12. The van der Waals surface area contributed by atoms with Gasteiger partial charge in [-0.1, -0.05) is 11.6 Å². The number of pyridine rings is 1. The van der Waals surface area contributed by atoms with Crippen LogP contribution >= 0.6 is 11.6 Å². The SMILES string of the molecule is CS(=O)(=O)O.Cc1ccnc2c1/C(=N\NC(=N)N)CC(c1cc(F)ccc1Cl)C2. The zero-order chi connectivity index (χ0) is 21.8. The van der Waals surface area contributed by atoms with Crippen LogP contribution in [-0.4, -0.2) is 35.9 Å². The Morgan fingerprint density at radius 1 is 1.41 bits per heavy atom. The van der Waals surface area contributed by atoms with Gasteiger partial charge in [0, 0.05) is 16.8 Å². The molecule has 0 saturated carbocycles. The maximum atomic E-state index is 13.7. The van der Waals surface area contributed by atoms with E-state index in [1.165, 1.54) is 12.1 Å². The summed E-state index contributed by atoms with van der Waals surface area (Å²) in [5, 5.41) is 12.1. The van der Waals surface area contributed by atoms with Crippen LogP contribution in [0.5, 0.6) is 0 Å². The van der Waals surface area contributed by atoms with Crippen molar-refractivity contribution in [2.45, 2.75) is 25.7 Å². The zero-order valence-corrected chi connectivity index (χ0v) is 17.4. The predicted octanol–water partition coefficient (Wildman–Crippen LogP) is 2.60. The molecule has 0 amide bonds. The van der Waals surface area contributed by atoms with Crippen molar-refractivity contribution < 1.29 is 17.4 Å². The highest BCUT2D eigenvalue weighted by Crippen LogP contribution is 2.36. The van der Waals surface area contributed by atoms with E-state index in [0.717, 1.165) is 28.1 Å². The number of benzene rings is 1. The molecule has 0 bridgehead atoms. The first kappa shape index (κ1) is 22.7. The topological polar surface area (TPSA) is 142 Å². The number of aryl methyl sites for hydroxylation is 1. The Bertz CT molecular complexity index is 1050. The minimum Gasteiger partial charge on any atom is -0.369 e. The Morgan fingerprint density at radius 3 is 2.69 bits per heavy atom. The summed E-state index contributed by atoms with van der Waals surface area (Å²) in [5.41, 5.74) is 12.2. The van der Waals surface area contributed by atoms with E-state index >= 15 is 0 Å². The number of aromatic nitrogens is 1. The molecule has 8 nitrogen and oxygen atoms in total. The molecule has 1 aromatic carbocycles. The van der Waals surface area contributed by atoms with Gasteiger partial charge in [-0.25, -0.2) is 9.82 Å². The predicted molar refractivity (Wildman–Crippen MR) is 111 cm³/mol.